The highest BCUT2D eigenvalue weighted by atomic mass is 16.5. The molecule has 2 atom stereocenters. The van der Waals surface area contributed by atoms with Gasteiger partial charge in [-0.2, -0.15) is 0 Å². The summed E-state index contributed by atoms with van der Waals surface area (Å²) in [6.45, 7) is 0.452. The Kier molecular flexibility index (Phi) is 12.9. The van der Waals surface area contributed by atoms with Crippen LogP contribution in [-0.2, 0) is 20.7 Å². The standard InChI is InChI=1S/C34H48O4/c35-31(36)33(24-16-17-25-33)23-14-9-7-5-3-1-2-4-6-8-10-15-26-34(27-18-19-28-34)32(37)38-29-22-30-20-12-11-13-21-30/h1-2,11-13,16,18,20-21,24,27H,3-10,14-15,17,19,22-23,25-26,28-29H2,(H,35,36)/b2-1-. The lowest BCUT2D eigenvalue weighted by molar-refractivity contribution is -0.153. The van der Waals surface area contributed by atoms with E-state index in [0.717, 1.165) is 83.5 Å². The van der Waals surface area contributed by atoms with E-state index in [4.69, 9.17) is 4.74 Å². The summed E-state index contributed by atoms with van der Waals surface area (Å²) >= 11 is 0. The van der Waals surface area contributed by atoms with E-state index in [1.807, 2.05) is 30.4 Å². The molecule has 38 heavy (non-hydrogen) atoms. The molecule has 0 heterocycles. The molecular weight excluding hydrogens is 472 g/mol. The van der Waals surface area contributed by atoms with Gasteiger partial charge in [0.1, 0.15) is 0 Å². The fourth-order valence-corrected chi connectivity index (χ4v) is 5.84. The van der Waals surface area contributed by atoms with Gasteiger partial charge in [-0.25, -0.2) is 0 Å². The molecule has 0 saturated heterocycles. The number of ether oxygens (including phenoxy) is 1. The van der Waals surface area contributed by atoms with Gasteiger partial charge >= 0.3 is 11.9 Å². The minimum absolute atomic E-state index is 0.0399. The average molecular weight is 521 g/mol. The number of benzene rings is 1. The van der Waals surface area contributed by atoms with Crippen molar-refractivity contribution < 1.29 is 19.4 Å². The van der Waals surface area contributed by atoms with Gasteiger partial charge in [0, 0.05) is 6.42 Å². The van der Waals surface area contributed by atoms with E-state index >= 15 is 0 Å². The van der Waals surface area contributed by atoms with Crippen molar-refractivity contribution in [2.24, 2.45) is 10.8 Å². The molecule has 0 aromatic heterocycles. The molecule has 3 rings (SSSR count). The maximum absolute atomic E-state index is 12.9. The second-order valence-electron chi connectivity index (χ2n) is 11.2. The largest absolute Gasteiger partial charge is 0.481 e. The van der Waals surface area contributed by atoms with E-state index < -0.39 is 16.8 Å². The van der Waals surface area contributed by atoms with Gasteiger partial charge in [-0.15, -0.1) is 0 Å². The molecule has 0 bridgehead atoms. The number of rotatable bonds is 19. The van der Waals surface area contributed by atoms with Crippen LogP contribution in [0.15, 0.2) is 66.8 Å². The van der Waals surface area contributed by atoms with Crippen molar-refractivity contribution in [2.75, 3.05) is 6.61 Å². The molecule has 1 N–H and O–H groups in total. The van der Waals surface area contributed by atoms with Crippen LogP contribution < -0.4 is 0 Å². The van der Waals surface area contributed by atoms with Gasteiger partial charge in [0.25, 0.3) is 0 Å². The van der Waals surface area contributed by atoms with Gasteiger partial charge in [0.2, 0.25) is 0 Å². The number of carbonyl (C=O) groups is 2. The molecule has 4 heteroatoms. The van der Waals surface area contributed by atoms with E-state index in [2.05, 4.69) is 36.4 Å². The summed E-state index contributed by atoms with van der Waals surface area (Å²) in [7, 11) is 0. The summed E-state index contributed by atoms with van der Waals surface area (Å²) < 4.78 is 5.71. The molecule has 0 saturated carbocycles. The summed E-state index contributed by atoms with van der Waals surface area (Å²) in [5, 5.41) is 9.52. The van der Waals surface area contributed by atoms with Crippen molar-refractivity contribution >= 4 is 11.9 Å². The minimum Gasteiger partial charge on any atom is -0.481 e. The predicted octanol–water partition coefficient (Wildman–Crippen LogP) is 8.77. The highest BCUT2D eigenvalue weighted by Gasteiger charge is 2.39. The Morgan fingerprint density at radius 3 is 1.87 bits per heavy atom. The number of allylic oxidation sites excluding steroid dienone is 4. The fraction of sp³-hybridized carbons (Fsp3) is 0.588. The van der Waals surface area contributed by atoms with Crippen LogP contribution in [0.1, 0.15) is 108 Å². The maximum Gasteiger partial charge on any atom is 0.315 e. The molecule has 4 nitrogen and oxygen atoms in total. The zero-order chi connectivity index (χ0) is 26.9. The first-order valence-corrected chi connectivity index (χ1v) is 15.0. The molecule has 2 unspecified atom stereocenters. The second-order valence-corrected chi connectivity index (χ2v) is 11.2. The van der Waals surface area contributed by atoms with Crippen molar-refractivity contribution in [2.45, 2.75) is 109 Å². The van der Waals surface area contributed by atoms with E-state index in [1.54, 1.807) is 0 Å². The third-order valence-electron chi connectivity index (χ3n) is 8.34. The number of unbranched alkanes of at least 4 members (excludes halogenated alkanes) is 8. The van der Waals surface area contributed by atoms with Gasteiger partial charge in [-0.1, -0.05) is 105 Å². The second kappa shape index (κ2) is 16.4. The Hall–Kier alpha value is -2.62. The number of hydrogen-bond acceptors (Lipinski definition) is 3. The van der Waals surface area contributed by atoms with Crippen molar-refractivity contribution in [1.82, 2.24) is 0 Å². The van der Waals surface area contributed by atoms with Gasteiger partial charge < -0.3 is 9.84 Å². The van der Waals surface area contributed by atoms with Crippen molar-refractivity contribution in [1.29, 1.82) is 0 Å². The first kappa shape index (κ1) is 29.9. The van der Waals surface area contributed by atoms with E-state index in [0.29, 0.717) is 6.61 Å². The van der Waals surface area contributed by atoms with Crippen LogP contribution in [0.3, 0.4) is 0 Å². The maximum atomic E-state index is 12.9. The molecule has 0 aliphatic heterocycles. The van der Waals surface area contributed by atoms with Gasteiger partial charge in [-0.3, -0.25) is 9.59 Å². The third-order valence-corrected chi connectivity index (χ3v) is 8.34. The van der Waals surface area contributed by atoms with Crippen LogP contribution in [-0.4, -0.2) is 23.7 Å². The molecule has 2 aliphatic rings. The normalized spacial score (nSPS) is 22.4. The Labute approximate surface area is 230 Å². The highest BCUT2D eigenvalue weighted by molar-refractivity contribution is 5.79. The number of esters is 1. The fourth-order valence-electron chi connectivity index (χ4n) is 5.84. The SMILES string of the molecule is O=C(O)C1(CCCCCC/C=C\CCCCCCC2(C(=O)OCCc3ccccc3)C=CCC2)C=CCC1. The Morgan fingerprint density at radius 1 is 0.763 bits per heavy atom. The Bertz CT molecular complexity index is 931. The summed E-state index contributed by atoms with van der Waals surface area (Å²) in [4.78, 5) is 24.5. The molecule has 0 radical (unpaired) electrons. The molecule has 0 fully saturated rings. The van der Waals surface area contributed by atoms with E-state index in [1.165, 1.54) is 31.2 Å². The zero-order valence-electron chi connectivity index (χ0n) is 23.3. The molecule has 0 amide bonds. The van der Waals surface area contributed by atoms with Crippen molar-refractivity contribution in [3.63, 3.8) is 0 Å². The molecule has 1 aromatic carbocycles. The minimum atomic E-state index is -0.652. The summed E-state index contributed by atoms with van der Waals surface area (Å²) in [5.74, 6) is -0.692. The molecule has 2 aliphatic carbocycles. The Morgan fingerprint density at radius 2 is 1.32 bits per heavy atom. The third kappa shape index (κ3) is 9.60. The molecular formula is C34H48O4. The van der Waals surface area contributed by atoms with E-state index in [9.17, 15) is 14.7 Å². The lowest BCUT2D eigenvalue weighted by atomic mass is 9.82. The number of carboxylic acids is 1. The van der Waals surface area contributed by atoms with E-state index in [-0.39, 0.29) is 5.97 Å². The topological polar surface area (TPSA) is 63.6 Å². The number of aliphatic carboxylic acids is 1. The quantitative estimate of drug-likeness (QED) is 0.112. The summed E-state index contributed by atoms with van der Waals surface area (Å²) in [6, 6.07) is 10.2. The van der Waals surface area contributed by atoms with Crippen LogP contribution in [0.5, 0.6) is 0 Å². The summed E-state index contributed by atoms with van der Waals surface area (Å²) in [5.41, 5.74) is 0.215. The first-order chi connectivity index (χ1) is 18.6. The van der Waals surface area contributed by atoms with Crippen LogP contribution in [0.4, 0.5) is 0 Å². The highest BCUT2D eigenvalue weighted by Crippen LogP contribution is 2.39. The smallest absolute Gasteiger partial charge is 0.315 e. The van der Waals surface area contributed by atoms with Crippen molar-refractivity contribution in [3.8, 4) is 0 Å². The van der Waals surface area contributed by atoms with Crippen molar-refractivity contribution in [3.05, 3.63) is 72.4 Å². The number of carboxylic acid groups (broad SMARTS) is 1. The van der Waals surface area contributed by atoms with Crippen LogP contribution in [0.25, 0.3) is 0 Å². The monoisotopic (exact) mass is 520 g/mol. The summed E-state index contributed by atoms with van der Waals surface area (Å²) in [6.07, 6.45) is 30.1. The molecule has 1 aromatic rings. The number of carbonyl (C=O) groups excluding carboxylic acids is 1. The predicted molar refractivity (Wildman–Crippen MR) is 155 cm³/mol. The van der Waals surface area contributed by atoms with Crippen LogP contribution in [0.2, 0.25) is 0 Å². The lowest BCUT2D eigenvalue weighted by Crippen LogP contribution is -2.30. The lowest BCUT2D eigenvalue weighted by Gasteiger charge is -2.25. The van der Waals surface area contributed by atoms with Gasteiger partial charge in [0.05, 0.1) is 17.4 Å². The van der Waals surface area contributed by atoms with Crippen LogP contribution >= 0.6 is 0 Å². The average Bonchev–Trinajstić information content (AvgIpc) is 3.61. The Balaban J connectivity index is 1.18. The molecule has 0 spiro atoms. The zero-order valence-corrected chi connectivity index (χ0v) is 23.3. The number of hydrogen-bond donors (Lipinski definition) is 1. The first-order valence-electron chi connectivity index (χ1n) is 15.0. The molecule has 208 valence electrons. The van der Waals surface area contributed by atoms with Gasteiger partial charge in [-0.05, 0) is 69.8 Å². The van der Waals surface area contributed by atoms with Gasteiger partial charge in [0.15, 0.2) is 0 Å². The van der Waals surface area contributed by atoms with Crippen LogP contribution in [0, 0.1) is 10.8 Å².